The molecular weight excluding hydrogens is 587 g/mol. The van der Waals surface area contributed by atoms with Crippen molar-refractivity contribution in [2.75, 3.05) is 22.8 Å². The van der Waals surface area contributed by atoms with Gasteiger partial charge in [-0.3, -0.25) is 19.5 Å². The Balaban J connectivity index is 0.000000225. The number of carbonyl (C=O) groups excluding carboxylic acids is 1. The molecule has 43 heavy (non-hydrogen) atoms. The van der Waals surface area contributed by atoms with E-state index in [0.717, 1.165) is 37.8 Å². The van der Waals surface area contributed by atoms with Gasteiger partial charge in [0.15, 0.2) is 0 Å². The predicted molar refractivity (Wildman–Crippen MR) is 169 cm³/mol. The number of nitrogens with zero attached hydrogens (tertiary/aromatic N) is 5. The van der Waals surface area contributed by atoms with Gasteiger partial charge in [0.2, 0.25) is 15.8 Å². The molecule has 12 nitrogen and oxygen atoms in total. The molecule has 0 aliphatic heterocycles. The van der Waals surface area contributed by atoms with Crippen molar-refractivity contribution in [3.05, 3.63) is 138 Å². The third-order valence-electron chi connectivity index (χ3n) is 6.00. The van der Waals surface area contributed by atoms with Gasteiger partial charge in [0.25, 0.3) is 11.1 Å². The molecule has 220 valence electrons. The van der Waals surface area contributed by atoms with Crippen LogP contribution in [0.15, 0.2) is 99.7 Å². The van der Waals surface area contributed by atoms with Crippen LogP contribution in [-0.2, 0) is 17.6 Å². The molecule has 0 spiro atoms. The Morgan fingerprint density at radius 1 is 0.837 bits per heavy atom. The molecule has 6 N–H and O–H groups in total. The number of hydrogen-bond acceptors (Lipinski definition) is 10. The van der Waals surface area contributed by atoms with E-state index >= 15 is 0 Å². The standard InChI is InChI=1S/C19H19N5O2S.C10H10N4OS/c1-13-7-9-15(10-8-13)21-17(25)12-27-19-23-22-16(18(26)24(19)20)11-14-5-3-2-4-6-14;11-14-9(15)8(12-13-10(14)16)6-7-4-2-1-3-5-7/h2-10H,11-12,20H2,1H3,(H,21,25);1-5H,6,11H2,(H,13,16). The summed E-state index contributed by atoms with van der Waals surface area (Å²) < 4.78 is 1.94. The zero-order chi connectivity index (χ0) is 30.8. The number of aryl methyl sites for hydroxylation is 1. The first kappa shape index (κ1) is 30.9. The fourth-order valence-electron chi connectivity index (χ4n) is 3.74. The van der Waals surface area contributed by atoms with Gasteiger partial charge in [0.05, 0.1) is 5.75 Å². The summed E-state index contributed by atoms with van der Waals surface area (Å²) >= 11 is 5.84. The number of benzene rings is 3. The molecule has 0 saturated heterocycles. The van der Waals surface area contributed by atoms with Crippen molar-refractivity contribution < 1.29 is 4.79 Å². The van der Waals surface area contributed by atoms with E-state index in [2.05, 4.69) is 25.7 Å². The zero-order valence-corrected chi connectivity index (χ0v) is 24.8. The number of amides is 1. The Morgan fingerprint density at radius 3 is 2.00 bits per heavy atom. The molecule has 3 aromatic carbocycles. The number of nitrogens with one attached hydrogen (secondary N) is 2. The molecule has 0 aliphatic carbocycles. The van der Waals surface area contributed by atoms with Crippen molar-refractivity contribution in [2.45, 2.75) is 24.9 Å². The van der Waals surface area contributed by atoms with Crippen molar-refractivity contribution in [1.29, 1.82) is 0 Å². The number of nitrogen functional groups attached to an aromatic ring is 2. The van der Waals surface area contributed by atoms with Crippen molar-refractivity contribution in [3.63, 3.8) is 0 Å². The minimum Gasteiger partial charge on any atom is -0.334 e. The summed E-state index contributed by atoms with van der Waals surface area (Å²) in [5.74, 6) is 11.2. The molecule has 0 fully saturated rings. The number of hydrogen-bond donors (Lipinski definition) is 4. The number of H-pyrrole nitrogens is 1. The van der Waals surface area contributed by atoms with E-state index in [1.807, 2.05) is 91.9 Å². The fourth-order valence-corrected chi connectivity index (χ4v) is 4.52. The molecular formula is C29H29N9O3S2. The fraction of sp³-hybridized carbons (Fsp3) is 0.138. The Bertz CT molecular complexity index is 1860. The topological polar surface area (TPSA) is 180 Å². The smallest absolute Gasteiger partial charge is 0.295 e. The number of carbonyl (C=O) groups is 1. The monoisotopic (exact) mass is 615 g/mol. The SMILES string of the molecule is Cc1ccc(NC(=O)CSc2nnc(Cc3ccccc3)c(=O)n2N)cc1.Nn1c(=S)[nH]nc(Cc2ccccc2)c1=O. The Labute approximate surface area is 255 Å². The first-order chi connectivity index (χ1) is 20.7. The molecule has 0 bridgehead atoms. The van der Waals surface area contributed by atoms with Gasteiger partial charge in [-0.2, -0.15) is 14.5 Å². The molecule has 5 aromatic rings. The third kappa shape index (κ3) is 8.70. The molecule has 0 saturated carbocycles. The van der Waals surface area contributed by atoms with Crippen LogP contribution in [0.25, 0.3) is 0 Å². The molecule has 1 amide bonds. The van der Waals surface area contributed by atoms with E-state index < -0.39 is 5.56 Å². The summed E-state index contributed by atoms with van der Waals surface area (Å²) in [6.45, 7) is 1.97. The number of thioether (sulfide) groups is 1. The molecule has 2 heterocycles. The summed E-state index contributed by atoms with van der Waals surface area (Å²) in [5.41, 5.74) is 3.59. The van der Waals surface area contributed by atoms with Crippen LogP contribution in [0.4, 0.5) is 5.69 Å². The second-order valence-electron chi connectivity index (χ2n) is 9.28. The highest BCUT2D eigenvalue weighted by Crippen LogP contribution is 2.14. The second-order valence-corrected chi connectivity index (χ2v) is 10.6. The molecule has 5 rings (SSSR count). The van der Waals surface area contributed by atoms with E-state index in [-0.39, 0.29) is 32.8 Å². The lowest BCUT2D eigenvalue weighted by molar-refractivity contribution is -0.113. The van der Waals surface area contributed by atoms with Crippen LogP contribution < -0.4 is 28.1 Å². The van der Waals surface area contributed by atoms with Crippen molar-refractivity contribution in [3.8, 4) is 0 Å². The van der Waals surface area contributed by atoms with Gasteiger partial charge in [0, 0.05) is 18.5 Å². The number of rotatable bonds is 8. The Kier molecular flexibility index (Phi) is 10.6. The van der Waals surface area contributed by atoms with Gasteiger partial charge in [-0.1, -0.05) is 90.1 Å². The van der Waals surface area contributed by atoms with Crippen LogP contribution in [0, 0.1) is 11.7 Å². The summed E-state index contributed by atoms with van der Waals surface area (Å²) in [7, 11) is 0. The van der Waals surface area contributed by atoms with Crippen molar-refractivity contribution in [2.24, 2.45) is 0 Å². The number of aromatic nitrogens is 6. The quantitative estimate of drug-likeness (QED) is 0.115. The maximum atomic E-state index is 12.4. The van der Waals surface area contributed by atoms with Crippen LogP contribution >= 0.6 is 24.0 Å². The van der Waals surface area contributed by atoms with E-state index in [0.29, 0.717) is 24.2 Å². The largest absolute Gasteiger partial charge is 0.334 e. The van der Waals surface area contributed by atoms with Crippen LogP contribution in [0.2, 0.25) is 0 Å². The van der Waals surface area contributed by atoms with Crippen LogP contribution in [0.3, 0.4) is 0 Å². The van der Waals surface area contributed by atoms with Crippen molar-refractivity contribution in [1.82, 2.24) is 29.7 Å². The summed E-state index contributed by atoms with van der Waals surface area (Å²) in [6.07, 6.45) is 0.783. The summed E-state index contributed by atoms with van der Waals surface area (Å²) in [6, 6.07) is 26.5. The maximum absolute atomic E-state index is 12.4. The molecule has 0 radical (unpaired) electrons. The second kappa shape index (κ2) is 14.7. The third-order valence-corrected chi connectivity index (χ3v) is 7.23. The molecule has 14 heteroatoms. The van der Waals surface area contributed by atoms with Gasteiger partial charge < -0.3 is 17.0 Å². The van der Waals surface area contributed by atoms with Crippen LogP contribution in [0.1, 0.15) is 28.1 Å². The van der Waals surface area contributed by atoms with E-state index in [9.17, 15) is 14.4 Å². The molecule has 0 aliphatic rings. The first-order valence-electron chi connectivity index (χ1n) is 13.0. The van der Waals surface area contributed by atoms with Gasteiger partial charge in [-0.05, 0) is 42.4 Å². The lowest BCUT2D eigenvalue weighted by Crippen LogP contribution is -2.34. The van der Waals surface area contributed by atoms with Gasteiger partial charge in [-0.25, -0.2) is 0 Å². The molecule has 2 aromatic heterocycles. The van der Waals surface area contributed by atoms with Crippen molar-refractivity contribution >= 4 is 35.6 Å². The zero-order valence-electron chi connectivity index (χ0n) is 23.1. The lowest BCUT2D eigenvalue weighted by atomic mass is 10.1. The van der Waals surface area contributed by atoms with E-state index in [1.54, 1.807) is 0 Å². The van der Waals surface area contributed by atoms with Gasteiger partial charge in [-0.15, -0.1) is 10.2 Å². The normalized spacial score (nSPS) is 10.4. The number of anilines is 1. The van der Waals surface area contributed by atoms with Gasteiger partial charge in [0.1, 0.15) is 11.4 Å². The average molecular weight is 616 g/mol. The number of nitrogens with two attached hydrogens (primary N) is 2. The van der Waals surface area contributed by atoms with Crippen LogP contribution in [-0.4, -0.2) is 41.4 Å². The lowest BCUT2D eigenvalue weighted by Gasteiger charge is -2.08. The minimum absolute atomic E-state index is 0.0667. The van der Waals surface area contributed by atoms with E-state index in [4.69, 9.17) is 23.9 Å². The summed E-state index contributed by atoms with van der Waals surface area (Å²) in [4.78, 5) is 36.1. The van der Waals surface area contributed by atoms with E-state index in [1.165, 1.54) is 0 Å². The average Bonchev–Trinajstić information content (AvgIpc) is 3.02. The molecule has 0 atom stereocenters. The molecule has 0 unspecified atom stereocenters. The predicted octanol–water partition coefficient (Wildman–Crippen LogP) is 2.59. The minimum atomic E-state index is -0.421. The van der Waals surface area contributed by atoms with Gasteiger partial charge >= 0.3 is 0 Å². The van der Waals surface area contributed by atoms with Crippen LogP contribution in [0.5, 0.6) is 0 Å². The highest BCUT2D eigenvalue weighted by Gasteiger charge is 2.13. The first-order valence-corrected chi connectivity index (χ1v) is 14.4. The maximum Gasteiger partial charge on any atom is 0.295 e. The highest BCUT2D eigenvalue weighted by atomic mass is 32.2. The highest BCUT2D eigenvalue weighted by molar-refractivity contribution is 7.99. The Morgan fingerprint density at radius 2 is 1.40 bits per heavy atom. The Hall–Kier alpha value is -5.08. The number of aromatic amines is 1. The summed E-state index contributed by atoms with van der Waals surface area (Å²) in [5, 5.41) is 17.4.